The molecule has 0 bridgehead atoms. The van der Waals surface area contributed by atoms with Crippen molar-refractivity contribution in [3.8, 4) is 0 Å². The van der Waals surface area contributed by atoms with Gasteiger partial charge < -0.3 is 10.2 Å². The molecule has 0 radical (unpaired) electrons. The van der Waals surface area contributed by atoms with E-state index in [0.717, 1.165) is 24.4 Å². The quantitative estimate of drug-likeness (QED) is 0.804. The smallest absolute Gasteiger partial charge is 0.244 e. The minimum atomic E-state index is -3.37. The Morgan fingerprint density at radius 2 is 2.19 bits per heavy atom. The van der Waals surface area contributed by atoms with E-state index in [1.165, 1.54) is 11.3 Å². The fourth-order valence-electron chi connectivity index (χ4n) is 2.44. The van der Waals surface area contributed by atoms with Crippen LogP contribution in [0.25, 0.3) is 0 Å². The fraction of sp³-hybridized carbons (Fsp3) is 0.714. The summed E-state index contributed by atoms with van der Waals surface area (Å²) in [4.78, 5) is 3.59. The van der Waals surface area contributed by atoms with E-state index in [-0.39, 0.29) is 6.04 Å². The lowest BCUT2D eigenvalue weighted by molar-refractivity contribution is 0.159. The van der Waals surface area contributed by atoms with Gasteiger partial charge in [0, 0.05) is 37.1 Å². The fourth-order valence-corrected chi connectivity index (χ4v) is 5.34. The highest BCUT2D eigenvalue weighted by Crippen LogP contribution is 2.26. The summed E-state index contributed by atoms with van der Waals surface area (Å²) in [5.41, 5.74) is 0. The van der Waals surface area contributed by atoms with Gasteiger partial charge in [0.05, 0.1) is 4.90 Å². The van der Waals surface area contributed by atoms with Crippen molar-refractivity contribution in [2.75, 3.05) is 33.2 Å². The summed E-state index contributed by atoms with van der Waals surface area (Å²) in [6.45, 7) is 7.63. The predicted molar refractivity (Wildman–Crippen MR) is 87.2 cm³/mol. The van der Waals surface area contributed by atoms with Crippen LogP contribution < -0.4 is 5.32 Å². The van der Waals surface area contributed by atoms with Crippen molar-refractivity contribution in [1.82, 2.24) is 14.5 Å². The Morgan fingerprint density at radius 3 is 2.86 bits per heavy atom. The largest absolute Gasteiger partial charge is 0.312 e. The van der Waals surface area contributed by atoms with Crippen LogP contribution in [-0.2, 0) is 16.6 Å². The molecule has 1 aromatic rings. The van der Waals surface area contributed by atoms with Gasteiger partial charge in [-0.3, -0.25) is 0 Å². The number of likely N-dealkylation sites (N-methyl/N-ethyl adjacent to an activating group) is 1. The summed E-state index contributed by atoms with van der Waals surface area (Å²) in [7, 11) is -1.32. The highest BCUT2D eigenvalue weighted by atomic mass is 32.2. The summed E-state index contributed by atoms with van der Waals surface area (Å²) in [5.74, 6) is 0. The Morgan fingerprint density at radius 1 is 1.43 bits per heavy atom. The highest BCUT2D eigenvalue weighted by Gasteiger charge is 2.32. The van der Waals surface area contributed by atoms with Gasteiger partial charge in [0.2, 0.25) is 10.0 Å². The number of nitrogens with zero attached hydrogens (tertiary/aromatic N) is 2. The van der Waals surface area contributed by atoms with Crippen LogP contribution in [0.15, 0.2) is 16.3 Å². The lowest BCUT2D eigenvalue weighted by Gasteiger charge is -2.36. The van der Waals surface area contributed by atoms with Gasteiger partial charge in [0.25, 0.3) is 0 Å². The molecule has 1 fully saturated rings. The second-order valence-corrected chi connectivity index (χ2v) is 8.48. The van der Waals surface area contributed by atoms with Crippen molar-refractivity contribution in [2.45, 2.75) is 37.8 Å². The molecule has 120 valence electrons. The molecular formula is C14H25N3O2S2. The zero-order chi connectivity index (χ0) is 15.5. The summed E-state index contributed by atoms with van der Waals surface area (Å²) < 4.78 is 27.3. The first-order valence-electron chi connectivity index (χ1n) is 7.44. The second-order valence-electron chi connectivity index (χ2n) is 5.58. The molecule has 5 nitrogen and oxygen atoms in total. The third kappa shape index (κ3) is 3.84. The van der Waals surface area contributed by atoms with Crippen LogP contribution in [-0.4, -0.2) is 56.9 Å². The van der Waals surface area contributed by atoms with E-state index in [1.807, 2.05) is 12.4 Å². The molecule has 2 heterocycles. The molecule has 1 saturated heterocycles. The van der Waals surface area contributed by atoms with Gasteiger partial charge in [-0.2, -0.15) is 4.31 Å². The van der Waals surface area contributed by atoms with Crippen molar-refractivity contribution >= 4 is 21.4 Å². The predicted octanol–water partition coefficient (Wildman–Crippen LogP) is 1.57. The molecule has 0 saturated carbocycles. The Kier molecular flexibility index (Phi) is 5.79. The van der Waals surface area contributed by atoms with E-state index < -0.39 is 10.0 Å². The van der Waals surface area contributed by atoms with E-state index in [0.29, 0.717) is 24.5 Å². The number of sulfonamides is 1. The molecule has 0 aliphatic carbocycles. The van der Waals surface area contributed by atoms with E-state index in [9.17, 15) is 8.42 Å². The SMILES string of the molecule is CCCNCc1sccc1S(=O)(=O)N1CCN(C)C(C)C1. The Bertz CT molecular complexity index is 556. The number of hydrogen-bond acceptors (Lipinski definition) is 5. The van der Waals surface area contributed by atoms with Crippen molar-refractivity contribution in [3.63, 3.8) is 0 Å². The molecule has 1 aliphatic rings. The Labute approximate surface area is 132 Å². The van der Waals surface area contributed by atoms with Crippen molar-refractivity contribution in [1.29, 1.82) is 0 Å². The normalized spacial score (nSPS) is 21.8. The van der Waals surface area contributed by atoms with E-state index in [2.05, 4.69) is 24.1 Å². The standard InChI is InChI=1S/C14H25N3O2S2/c1-4-6-15-10-13-14(5-9-20-13)21(18,19)17-8-7-16(3)12(2)11-17/h5,9,12,15H,4,6-8,10-11H2,1-3H3. The molecule has 1 aromatic heterocycles. The van der Waals surface area contributed by atoms with E-state index in [4.69, 9.17) is 0 Å². The maximum absolute atomic E-state index is 12.8. The molecule has 2 rings (SSSR count). The first-order chi connectivity index (χ1) is 9.96. The van der Waals surface area contributed by atoms with Crippen LogP contribution in [0.3, 0.4) is 0 Å². The van der Waals surface area contributed by atoms with Gasteiger partial charge in [-0.05, 0) is 38.4 Å². The number of thiophene rings is 1. The van der Waals surface area contributed by atoms with Gasteiger partial charge in [-0.15, -0.1) is 11.3 Å². The van der Waals surface area contributed by atoms with Gasteiger partial charge >= 0.3 is 0 Å². The van der Waals surface area contributed by atoms with Crippen LogP contribution >= 0.6 is 11.3 Å². The molecule has 21 heavy (non-hydrogen) atoms. The second kappa shape index (κ2) is 7.19. The van der Waals surface area contributed by atoms with Gasteiger partial charge in [0.1, 0.15) is 0 Å². The molecule has 0 spiro atoms. The minimum Gasteiger partial charge on any atom is -0.312 e. The summed E-state index contributed by atoms with van der Waals surface area (Å²) >= 11 is 1.51. The summed E-state index contributed by atoms with van der Waals surface area (Å²) in [6, 6.07) is 2.00. The zero-order valence-corrected chi connectivity index (χ0v) is 14.6. The molecule has 0 aromatic carbocycles. The van der Waals surface area contributed by atoms with E-state index >= 15 is 0 Å². The average Bonchev–Trinajstić information content (AvgIpc) is 2.91. The summed E-state index contributed by atoms with van der Waals surface area (Å²) in [6.07, 6.45) is 1.05. The lowest BCUT2D eigenvalue weighted by atomic mass is 10.2. The van der Waals surface area contributed by atoms with Gasteiger partial charge in [-0.1, -0.05) is 6.92 Å². The monoisotopic (exact) mass is 331 g/mol. The van der Waals surface area contributed by atoms with Crippen molar-refractivity contribution < 1.29 is 8.42 Å². The number of hydrogen-bond donors (Lipinski definition) is 1. The van der Waals surface area contributed by atoms with Crippen molar-refractivity contribution in [3.05, 3.63) is 16.3 Å². The first-order valence-corrected chi connectivity index (χ1v) is 9.76. The van der Waals surface area contributed by atoms with Crippen LogP contribution in [0.4, 0.5) is 0 Å². The van der Waals surface area contributed by atoms with Gasteiger partial charge in [-0.25, -0.2) is 8.42 Å². The maximum Gasteiger partial charge on any atom is 0.244 e. The Balaban J connectivity index is 2.14. The number of piperazine rings is 1. The van der Waals surface area contributed by atoms with Gasteiger partial charge in [0.15, 0.2) is 0 Å². The van der Waals surface area contributed by atoms with Crippen molar-refractivity contribution in [2.24, 2.45) is 0 Å². The topological polar surface area (TPSA) is 52.7 Å². The molecule has 7 heteroatoms. The third-order valence-electron chi connectivity index (χ3n) is 3.96. The molecule has 1 unspecified atom stereocenters. The van der Waals surface area contributed by atoms with Crippen LogP contribution in [0, 0.1) is 0 Å². The zero-order valence-electron chi connectivity index (χ0n) is 13.0. The Hall–Kier alpha value is -0.470. The van der Waals surface area contributed by atoms with E-state index in [1.54, 1.807) is 10.4 Å². The average molecular weight is 332 g/mol. The molecular weight excluding hydrogens is 306 g/mol. The summed E-state index contributed by atoms with van der Waals surface area (Å²) in [5, 5.41) is 5.16. The molecule has 1 N–H and O–H groups in total. The molecule has 0 amide bonds. The highest BCUT2D eigenvalue weighted by molar-refractivity contribution is 7.89. The third-order valence-corrected chi connectivity index (χ3v) is 6.96. The van der Waals surface area contributed by atoms with Crippen LogP contribution in [0.2, 0.25) is 0 Å². The minimum absolute atomic E-state index is 0.258. The first kappa shape index (κ1) is 16.9. The van der Waals surface area contributed by atoms with Crippen LogP contribution in [0.1, 0.15) is 25.1 Å². The maximum atomic E-state index is 12.8. The lowest BCUT2D eigenvalue weighted by Crippen LogP contribution is -2.51. The van der Waals surface area contributed by atoms with Crippen LogP contribution in [0.5, 0.6) is 0 Å². The molecule has 1 atom stereocenters. The number of nitrogens with one attached hydrogen (secondary N) is 1. The molecule has 1 aliphatic heterocycles. The number of rotatable bonds is 6.